The fourth-order valence-electron chi connectivity index (χ4n) is 1.30. The van der Waals surface area contributed by atoms with Gasteiger partial charge in [-0.05, 0) is 19.0 Å². The van der Waals surface area contributed by atoms with Crippen LogP contribution in [0, 0.1) is 0 Å². The summed E-state index contributed by atoms with van der Waals surface area (Å²) < 4.78 is 4.67. The van der Waals surface area contributed by atoms with Gasteiger partial charge in [0.1, 0.15) is 6.04 Å². The lowest BCUT2D eigenvalue weighted by atomic mass is 10.1. The van der Waals surface area contributed by atoms with Crippen LogP contribution >= 0.6 is 0 Å². The molecule has 1 amide bonds. The van der Waals surface area contributed by atoms with Crippen LogP contribution in [-0.4, -0.2) is 39.1 Å². The third-order valence-corrected chi connectivity index (χ3v) is 2.47. The summed E-state index contributed by atoms with van der Waals surface area (Å²) >= 11 is 0. The molecule has 0 aromatic heterocycles. The van der Waals surface area contributed by atoms with Crippen molar-refractivity contribution in [2.75, 3.05) is 21.2 Å². The number of hydrogen-bond acceptors (Lipinski definition) is 4. The van der Waals surface area contributed by atoms with Crippen molar-refractivity contribution in [1.82, 2.24) is 10.6 Å². The number of ether oxygens (including phenoxy) is 1. The van der Waals surface area contributed by atoms with Crippen molar-refractivity contribution in [3.63, 3.8) is 0 Å². The molecule has 0 heterocycles. The predicted octanol–water partition coefficient (Wildman–Crippen LogP) is 0.742. The second kappa shape index (κ2) is 10.1. The van der Waals surface area contributed by atoms with Crippen LogP contribution in [0.5, 0.6) is 0 Å². The van der Waals surface area contributed by atoms with Gasteiger partial charge in [-0.3, -0.25) is 9.59 Å². The molecule has 5 heteroatoms. The molecular weight excluding hydrogens is 244 g/mol. The van der Waals surface area contributed by atoms with E-state index in [4.69, 9.17) is 0 Å². The first-order valence-electron chi connectivity index (χ1n) is 6.02. The largest absolute Gasteiger partial charge is 0.468 e. The second-order valence-corrected chi connectivity index (χ2v) is 3.86. The molecule has 0 bridgehead atoms. The number of methoxy groups -OCH3 is 1. The van der Waals surface area contributed by atoms with E-state index in [0.717, 1.165) is 5.56 Å². The zero-order chi connectivity index (χ0) is 14.7. The van der Waals surface area contributed by atoms with Crippen LogP contribution < -0.4 is 10.6 Å². The number of nitrogens with one attached hydrogen (secondary N) is 2. The number of benzene rings is 1. The molecule has 1 unspecified atom stereocenters. The van der Waals surface area contributed by atoms with Crippen molar-refractivity contribution in [3.05, 3.63) is 35.9 Å². The van der Waals surface area contributed by atoms with E-state index in [9.17, 15) is 9.59 Å². The van der Waals surface area contributed by atoms with Gasteiger partial charge in [0.05, 0.1) is 7.11 Å². The van der Waals surface area contributed by atoms with Gasteiger partial charge in [-0.15, -0.1) is 0 Å². The van der Waals surface area contributed by atoms with Gasteiger partial charge in [0.15, 0.2) is 0 Å². The molecule has 1 aromatic carbocycles. The van der Waals surface area contributed by atoms with Crippen LogP contribution in [0.3, 0.4) is 0 Å². The van der Waals surface area contributed by atoms with E-state index in [2.05, 4.69) is 15.4 Å². The Bertz CT molecular complexity index is 380. The highest BCUT2D eigenvalue weighted by atomic mass is 16.5. The van der Waals surface area contributed by atoms with Crippen LogP contribution in [0.2, 0.25) is 0 Å². The lowest BCUT2D eigenvalue weighted by Gasteiger charge is -2.13. The highest BCUT2D eigenvalue weighted by molar-refractivity contribution is 5.76. The van der Waals surface area contributed by atoms with Crippen LogP contribution in [0.25, 0.3) is 0 Å². The number of esters is 1. The maximum absolute atomic E-state index is 11.3. The molecular formula is C14H22N2O3. The topological polar surface area (TPSA) is 67.4 Å². The second-order valence-electron chi connectivity index (χ2n) is 3.86. The van der Waals surface area contributed by atoms with Crippen LogP contribution in [-0.2, 0) is 20.7 Å². The molecule has 106 valence electrons. The van der Waals surface area contributed by atoms with Crippen LogP contribution in [0.15, 0.2) is 30.3 Å². The Morgan fingerprint density at radius 3 is 2.11 bits per heavy atom. The first-order valence-corrected chi connectivity index (χ1v) is 6.02. The van der Waals surface area contributed by atoms with Crippen molar-refractivity contribution < 1.29 is 14.3 Å². The van der Waals surface area contributed by atoms with E-state index in [1.807, 2.05) is 30.3 Å². The van der Waals surface area contributed by atoms with Crippen molar-refractivity contribution in [2.24, 2.45) is 0 Å². The molecule has 0 aliphatic carbocycles. The van der Waals surface area contributed by atoms with E-state index >= 15 is 0 Å². The zero-order valence-corrected chi connectivity index (χ0v) is 11.9. The normalized spacial score (nSPS) is 10.7. The number of likely N-dealkylation sites (N-methyl/N-ethyl adjacent to an activating group) is 1. The number of amides is 1. The molecule has 1 rings (SSSR count). The molecule has 0 aliphatic heterocycles. The van der Waals surface area contributed by atoms with E-state index < -0.39 is 0 Å². The highest BCUT2D eigenvalue weighted by Gasteiger charge is 2.16. The summed E-state index contributed by atoms with van der Waals surface area (Å²) in [6.45, 7) is 1.47. The average Bonchev–Trinajstić information content (AvgIpc) is 2.45. The number of rotatable bonds is 4. The Balaban J connectivity index is 0.000000555. The Morgan fingerprint density at radius 2 is 1.74 bits per heavy atom. The molecule has 0 aliphatic rings. The molecule has 0 radical (unpaired) electrons. The molecule has 0 fully saturated rings. The average molecular weight is 266 g/mol. The van der Waals surface area contributed by atoms with Crippen molar-refractivity contribution >= 4 is 11.9 Å². The smallest absolute Gasteiger partial charge is 0.323 e. The Kier molecular flexibility index (Phi) is 9.08. The quantitative estimate of drug-likeness (QED) is 0.789. The summed E-state index contributed by atoms with van der Waals surface area (Å²) in [7, 11) is 4.75. The molecule has 1 atom stereocenters. The van der Waals surface area contributed by atoms with Crippen LogP contribution in [0.1, 0.15) is 12.5 Å². The minimum absolute atomic E-state index is 0.00463. The van der Waals surface area contributed by atoms with E-state index in [1.54, 1.807) is 14.1 Å². The Morgan fingerprint density at radius 1 is 1.21 bits per heavy atom. The van der Waals surface area contributed by atoms with Gasteiger partial charge in [-0.1, -0.05) is 30.3 Å². The zero-order valence-electron chi connectivity index (χ0n) is 11.9. The SMILES string of the molecule is CNC(C)=O.CNC(Cc1ccccc1)C(=O)OC. The van der Waals surface area contributed by atoms with Gasteiger partial charge in [0.2, 0.25) is 5.91 Å². The monoisotopic (exact) mass is 266 g/mol. The number of carbonyl (C=O) groups is 2. The third-order valence-electron chi connectivity index (χ3n) is 2.47. The fourth-order valence-corrected chi connectivity index (χ4v) is 1.30. The lowest BCUT2D eigenvalue weighted by molar-refractivity contribution is -0.142. The number of carbonyl (C=O) groups excluding carboxylic acids is 2. The minimum atomic E-state index is -0.262. The standard InChI is InChI=1S/C11H15NO2.C3H7NO/c1-12-10(11(13)14-2)8-9-6-4-3-5-7-9;1-3(5)4-2/h3-7,10,12H,8H2,1-2H3;1-2H3,(H,4,5). The lowest BCUT2D eigenvalue weighted by Crippen LogP contribution is -2.36. The van der Waals surface area contributed by atoms with Gasteiger partial charge in [0.25, 0.3) is 0 Å². The highest BCUT2D eigenvalue weighted by Crippen LogP contribution is 2.03. The molecule has 0 saturated carbocycles. The van der Waals surface area contributed by atoms with E-state index in [0.29, 0.717) is 6.42 Å². The molecule has 19 heavy (non-hydrogen) atoms. The summed E-state index contributed by atoms with van der Waals surface area (Å²) in [6, 6.07) is 9.59. The minimum Gasteiger partial charge on any atom is -0.468 e. The fraction of sp³-hybridized carbons (Fsp3) is 0.429. The maximum Gasteiger partial charge on any atom is 0.323 e. The van der Waals surface area contributed by atoms with Crippen LogP contribution in [0.4, 0.5) is 0 Å². The van der Waals surface area contributed by atoms with Crippen molar-refractivity contribution in [3.8, 4) is 0 Å². The molecule has 0 saturated heterocycles. The Labute approximate surface area is 114 Å². The molecule has 1 aromatic rings. The van der Waals surface area contributed by atoms with Gasteiger partial charge >= 0.3 is 5.97 Å². The molecule has 0 spiro atoms. The van der Waals surface area contributed by atoms with Crippen molar-refractivity contribution in [1.29, 1.82) is 0 Å². The summed E-state index contributed by atoms with van der Waals surface area (Å²) in [5.74, 6) is -0.221. The van der Waals surface area contributed by atoms with Gasteiger partial charge in [0, 0.05) is 14.0 Å². The van der Waals surface area contributed by atoms with Gasteiger partial charge < -0.3 is 15.4 Å². The van der Waals surface area contributed by atoms with Crippen molar-refractivity contribution in [2.45, 2.75) is 19.4 Å². The summed E-state index contributed by atoms with van der Waals surface area (Å²) in [4.78, 5) is 21.0. The summed E-state index contributed by atoms with van der Waals surface area (Å²) in [5, 5.41) is 5.32. The van der Waals surface area contributed by atoms with E-state index in [1.165, 1.54) is 14.0 Å². The number of hydrogen-bond donors (Lipinski definition) is 2. The Hall–Kier alpha value is -1.88. The first kappa shape index (κ1) is 17.1. The molecule has 5 nitrogen and oxygen atoms in total. The third kappa shape index (κ3) is 7.94. The van der Waals surface area contributed by atoms with Gasteiger partial charge in [-0.25, -0.2) is 0 Å². The molecule has 2 N–H and O–H groups in total. The summed E-state index contributed by atoms with van der Waals surface area (Å²) in [5.41, 5.74) is 1.12. The maximum atomic E-state index is 11.3. The van der Waals surface area contributed by atoms with E-state index in [-0.39, 0.29) is 17.9 Å². The van der Waals surface area contributed by atoms with Gasteiger partial charge in [-0.2, -0.15) is 0 Å². The summed E-state index contributed by atoms with van der Waals surface area (Å²) in [6.07, 6.45) is 0.657. The first-order chi connectivity index (χ1) is 9.04. The predicted molar refractivity (Wildman–Crippen MR) is 74.8 cm³/mol.